The number of nitrogens with zero attached hydrogens (tertiary/aromatic N) is 1. The summed E-state index contributed by atoms with van der Waals surface area (Å²) in [5, 5.41) is 0.702. The van der Waals surface area contributed by atoms with Gasteiger partial charge in [-0.15, -0.1) is 0 Å². The molecule has 2 unspecified atom stereocenters. The number of esters is 1. The van der Waals surface area contributed by atoms with Crippen LogP contribution in [0.2, 0.25) is 5.02 Å². The van der Waals surface area contributed by atoms with E-state index >= 15 is 0 Å². The van der Waals surface area contributed by atoms with Gasteiger partial charge >= 0.3 is 5.97 Å². The lowest BCUT2D eigenvalue weighted by atomic mass is 9.89. The highest BCUT2D eigenvalue weighted by molar-refractivity contribution is 6.30. The highest BCUT2D eigenvalue weighted by Crippen LogP contribution is 2.35. The lowest BCUT2D eigenvalue weighted by molar-refractivity contribution is -0.145. The fourth-order valence-corrected chi connectivity index (χ4v) is 3.52. The molecule has 1 heterocycles. The number of halogens is 1. The van der Waals surface area contributed by atoms with Crippen LogP contribution >= 0.6 is 11.6 Å². The van der Waals surface area contributed by atoms with E-state index in [1.165, 1.54) is 12.7 Å². The molecule has 23 heavy (non-hydrogen) atoms. The maximum absolute atomic E-state index is 12.2. The monoisotopic (exact) mass is 329 g/mol. The molecule has 3 nitrogen and oxygen atoms in total. The van der Waals surface area contributed by atoms with E-state index in [1.54, 1.807) is 0 Å². The topological polar surface area (TPSA) is 29.5 Å². The third-order valence-corrected chi connectivity index (χ3v) is 4.66. The number of hydrogen-bond donors (Lipinski definition) is 0. The van der Waals surface area contributed by atoms with Crippen molar-refractivity contribution in [1.29, 1.82) is 0 Å². The third kappa shape index (κ3) is 3.74. The predicted molar refractivity (Wildman–Crippen MR) is 91.4 cm³/mol. The molecule has 2 aromatic carbocycles. The molecular formula is C19H20ClNO2. The van der Waals surface area contributed by atoms with Crippen molar-refractivity contribution >= 4 is 17.6 Å². The average Bonchev–Trinajstić information content (AvgIpc) is 2.99. The average molecular weight is 330 g/mol. The summed E-state index contributed by atoms with van der Waals surface area (Å²) >= 11 is 6.12. The maximum atomic E-state index is 12.2. The van der Waals surface area contributed by atoms with Crippen LogP contribution in [0.3, 0.4) is 0 Å². The van der Waals surface area contributed by atoms with E-state index < -0.39 is 0 Å². The second kappa shape index (κ2) is 7.16. The van der Waals surface area contributed by atoms with Gasteiger partial charge in [-0.2, -0.15) is 0 Å². The lowest BCUT2D eigenvalue weighted by Crippen LogP contribution is -2.24. The molecule has 1 fully saturated rings. The van der Waals surface area contributed by atoms with Crippen LogP contribution in [-0.4, -0.2) is 31.1 Å². The molecule has 0 bridgehead atoms. The van der Waals surface area contributed by atoms with Gasteiger partial charge in [-0.05, 0) is 23.3 Å². The number of ether oxygens (including phenoxy) is 1. The number of methoxy groups -OCH3 is 1. The Hall–Kier alpha value is -1.84. The number of rotatable bonds is 4. The van der Waals surface area contributed by atoms with Crippen molar-refractivity contribution < 1.29 is 9.53 Å². The van der Waals surface area contributed by atoms with Gasteiger partial charge in [0.2, 0.25) is 0 Å². The Morgan fingerprint density at radius 3 is 2.65 bits per heavy atom. The normalized spacial score (nSPS) is 21.3. The molecule has 0 radical (unpaired) electrons. The minimum absolute atomic E-state index is 0.116. The summed E-state index contributed by atoms with van der Waals surface area (Å²) in [4.78, 5) is 14.5. The number of likely N-dealkylation sites (tertiary alicyclic amines) is 1. The van der Waals surface area contributed by atoms with Crippen LogP contribution in [0.15, 0.2) is 54.6 Å². The van der Waals surface area contributed by atoms with Crippen molar-refractivity contribution in [2.75, 3.05) is 20.2 Å². The molecule has 0 aromatic heterocycles. The molecule has 0 spiro atoms. The first-order valence-corrected chi connectivity index (χ1v) is 8.14. The fourth-order valence-electron chi connectivity index (χ4n) is 3.32. The molecule has 120 valence electrons. The highest BCUT2D eigenvalue weighted by Gasteiger charge is 2.39. The Labute approximate surface area is 141 Å². The molecule has 1 aliphatic rings. The van der Waals surface area contributed by atoms with Crippen LogP contribution in [0, 0.1) is 5.92 Å². The molecule has 4 heteroatoms. The van der Waals surface area contributed by atoms with E-state index in [4.69, 9.17) is 16.3 Å². The Morgan fingerprint density at radius 2 is 1.96 bits per heavy atom. The van der Waals surface area contributed by atoms with Crippen LogP contribution < -0.4 is 0 Å². The Bertz CT molecular complexity index is 674. The van der Waals surface area contributed by atoms with E-state index in [1.807, 2.05) is 42.5 Å². The van der Waals surface area contributed by atoms with E-state index in [0.717, 1.165) is 18.7 Å². The first kappa shape index (κ1) is 16.0. The summed E-state index contributed by atoms with van der Waals surface area (Å²) in [5.41, 5.74) is 2.35. The standard InChI is InChI=1S/C19H20ClNO2/c1-23-19(22)18-13-21(11-14-6-3-2-4-7-14)12-17(18)15-8-5-9-16(20)10-15/h2-10,17-18H,11-13H2,1H3. The molecule has 2 atom stereocenters. The van der Waals surface area contributed by atoms with Gasteiger partial charge in [0, 0.05) is 30.6 Å². The number of benzene rings is 2. The van der Waals surface area contributed by atoms with Gasteiger partial charge in [-0.3, -0.25) is 9.69 Å². The second-order valence-electron chi connectivity index (χ2n) is 5.97. The van der Waals surface area contributed by atoms with E-state index in [0.29, 0.717) is 11.6 Å². The van der Waals surface area contributed by atoms with Gasteiger partial charge in [0.15, 0.2) is 0 Å². The summed E-state index contributed by atoms with van der Waals surface area (Å²) in [7, 11) is 1.46. The summed E-state index contributed by atoms with van der Waals surface area (Å²) in [6.07, 6.45) is 0. The summed E-state index contributed by atoms with van der Waals surface area (Å²) in [6, 6.07) is 18.1. The largest absolute Gasteiger partial charge is 0.469 e. The Morgan fingerprint density at radius 1 is 1.17 bits per heavy atom. The smallest absolute Gasteiger partial charge is 0.310 e. The summed E-state index contributed by atoms with van der Waals surface area (Å²) < 4.78 is 5.02. The summed E-state index contributed by atoms with van der Waals surface area (Å²) in [6.45, 7) is 2.37. The first-order chi connectivity index (χ1) is 11.2. The number of hydrogen-bond acceptors (Lipinski definition) is 3. The molecule has 2 aromatic rings. The van der Waals surface area contributed by atoms with Gasteiger partial charge in [-0.1, -0.05) is 54.1 Å². The van der Waals surface area contributed by atoms with Gasteiger partial charge in [0.1, 0.15) is 0 Å². The molecule has 3 rings (SSSR count). The second-order valence-corrected chi connectivity index (χ2v) is 6.41. The van der Waals surface area contributed by atoms with Gasteiger partial charge in [-0.25, -0.2) is 0 Å². The molecule has 0 saturated carbocycles. The van der Waals surface area contributed by atoms with Gasteiger partial charge < -0.3 is 4.74 Å². The van der Waals surface area contributed by atoms with Crippen LogP contribution in [0.5, 0.6) is 0 Å². The van der Waals surface area contributed by atoms with Gasteiger partial charge in [0.25, 0.3) is 0 Å². The minimum Gasteiger partial charge on any atom is -0.469 e. The SMILES string of the molecule is COC(=O)C1CN(Cc2ccccc2)CC1c1cccc(Cl)c1. The molecular weight excluding hydrogens is 310 g/mol. The predicted octanol–water partition coefficient (Wildman–Crippen LogP) is 3.73. The zero-order chi connectivity index (χ0) is 16.2. The number of carbonyl (C=O) groups excluding carboxylic acids is 1. The molecule has 1 aliphatic heterocycles. The van der Waals surface area contributed by atoms with Crippen molar-refractivity contribution in [2.24, 2.45) is 5.92 Å². The van der Waals surface area contributed by atoms with Crippen molar-refractivity contribution in [1.82, 2.24) is 4.90 Å². The van der Waals surface area contributed by atoms with Crippen LogP contribution in [0.4, 0.5) is 0 Å². The third-order valence-electron chi connectivity index (χ3n) is 4.43. The van der Waals surface area contributed by atoms with Crippen molar-refractivity contribution in [3.8, 4) is 0 Å². The van der Waals surface area contributed by atoms with Crippen LogP contribution in [0.25, 0.3) is 0 Å². The van der Waals surface area contributed by atoms with Crippen molar-refractivity contribution in [2.45, 2.75) is 12.5 Å². The molecule has 0 amide bonds. The first-order valence-electron chi connectivity index (χ1n) is 7.77. The van der Waals surface area contributed by atoms with E-state index in [2.05, 4.69) is 17.0 Å². The van der Waals surface area contributed by atoms with Gasteiger partial charge in [0.05, 0.1) is 13.0 Å². The van der Waals surface area contributed by atoms with Crippen molar-refractivity contribution in [3.05, 3.63) is 70.7 Å². The van der Waals surface area contributed by atoms with Crippen molar-refractivity contribution in [3.63, 3.8) is 0 Å². The maximum Gasteiger partial charge on any atom is 0.310 e. The van der Waals surface area contributed by atoms with Crippen LogP contribution in [-0.2, 0) is 16.1 Å². The van der Waals surface area contributed by atoms with E-state index in [-0.39, 0.29) is 17.8 Å². The molecule has 1 saturated heterocycles. The Kier molecular flexibility index (Phi) is 4.99. The Balaban J connectivity index is 1.81. The minimum atomic E-state index is -0.151. The quantitative estimate of drug-likeness (QED) is 0.800. The zero-order valence-electron chi connectivity index (χ0n) is 13.1. The molecule has 0 aliphatic carbocycles. The zero-order valence-corrected chi connectivity index (χ0v) is 13.9. The van der Waals surface area contributed by atoms with Crippen LogP contribution in [0.1, 0.15) is 17.0 Å². The summed E-state index contributed by atoms with van der Waals surface area (Å²) in [5.74, 6) is -0.183. The highest BCUT2D eigenvalue weighted by atomic mass is 35.5. The number of carbonyl (C=O) groups is 1. The van der Waals surface area contributed by atoms with E-state index in [9.17, 15) is 4.79 Å². The fraction of sp³-hybridized carbons (Fsp3) is 0.316. The molecule has 0 N–H and O–H groups in total. The lowest BCUT2D eigenvalue weighted by Gasteiger charge is -2.17.